The molecule has 2 amide bonds. The minimum Gasteiger partial charge on any atom is -0.481 e. The van der Waals surface area contributed by atoms with Crippen molar-refractivity contribution in [3.05, 3.63) is 33.8 Å². The van der Waals surface area contributed by atoms with Gasteiger partial charge in [0.15, 0.2) is 0 Å². The van der Waals surface area contributed by atoms with E-state index in [9.17, 15) is 9.59 Å². The molecule has 0 saturated carbocycles. The Bertz CT molecular complexity index is 566. The second-order valence-electron chi connectivity index (χ2n) is 5.82. The van der Waals surface area contributed by atoms with Crippen molar-refractivity contribution in [3.8, 4) is 0 Å². The van der Waals surface area contributed by atoms with Crippen LogP contribution in [0, 0.1) is 5.92 Å². The lowest BCUT2D eigenvalue weighted by Crippen LogP contribution is -2.46. The summed E-state index contributed by atoms with van der Waals surface area (Å²) >= 11 is 12.3. The smallest absolute Gasteiger partial charge is 0.317 e. The summed E-state index contributed by atoms with van der Waals surface area (Å²) in [6.45, 7) is 3.29. The number of nitrogens with one attached hydrogen (secondary N) is 1. The van der Waals surface area contributed by atoms with Crippen LogP contribution in [0.1, 0.15) is 31.2 Å². The van der Waals surface area contributed by atoms with Crippen LogP contribution >= 0.6 is 23.2 Å². The third-order valence-electron chi connectivity index (χ3n) is 4.18. The molecule has 1 atom stereocenters. The van der Waals surface area contributed by atoms with Gasteiger partial charge < -0.3 is 15.3 Å². The van der Waals surface area contributed by atoms with Gasteiger partial charge in [0, 0.05) is 35.6 Å². The first kappa shape index (κ1) is 17.9. The van der Waals surface area contributed by atoms with Crippen molar-refractivity contribution < 1.29 is 14.7 Å². The van der Waals surface area contributed by atoms with Crippen molar-refractivity contribution in [3.63, 3.8) is 0 Å². The van der Waals surface area contributed by atoms with E-state index in [1.807, 2.05) is 6.92 Å². The zero-order valence-electron chi connectivity index (χ0n) is 12.9. The lowest BCUT2D eigenvalue weighted by Gasteiger charge is -2.30. The standard InChI is InChI=1S/C16H20Cl2N2O3/c1-10(14-12(17)3-2-4-13(14)18)9-19-16(23)20-7-5-11(6-8-20)15(21)22/h2-4,10-11H,5-9H2,1H3,(H,19,23)(H,21,22). The van der Waals surface area contributed by atoms with E-state index in [1.54, 1.807) is 23.1 Å². The van der Waals surface area contributed by atoms with Crippen molar-refractivity contribution in [2.45, 2.75) is 25.7 Å². The van der Waals surface area contributed by atoms with Gasteiger partial charge in [-0.25, -0.2) is 4.79 Å². The maximum atomic E-state index is 12.2. The highest BCUT2D eigenvalue weighted by Crippen LogP contribution is 2.31. The highest BCUT2D eigenvalue weighted by molar-refractivity contribution is 6.36. The summed E-state index contributed by atoms with van der Waals surface area (Å²) < 4.78 is 0. The summed E-state index contributed by atoms with van der Waals surface area (Å²) in [5, 5.41) is 13.0. The van der Waals surface area contributed by atoms with Crippen LogP contribution in [0.15, 0.2) is 18.2 Å². The zero-order valence-corrected chi connectivity index (χ0v) is 14.4. The van der Waals surface area contributed by atoms with Crippen LogP contribution in [-0.2, 0) is 4.79 Å². The van der Waals surface area contributed by atoms with Crippen LogP contribution < -0.4 is 5.32 Å². The normalized spacial score (nSPS) is 16.9. The Balaban J connectivity index is 1.86. The van der Waals surface area contributed by atoms with Crippen LogP contribution in [0.25, 0.3) is 0 Å². The van der Waals surface area contributed by atoms with Crippen molar-refractivity contribution in [1.82, 2.24) is 10.2 Å². The molecule has 1 unspecified atom stereocenters. The number of carbonyl (C=O) groups excluding carboxylic acids is 1. The van der Waals surface area contributed by atoms with Gasteiger partial charge in [0.2, 0.25) is 0 Å². The second-order valence-corrected chi connectivity index (χ2v) is 6.64. The predicted molar refractivity (Wildman–Crippen MR) is 90.2 cm³/mol. The topological polar surface area (TPSA) is 69.6 Å². The van der Waals surface area contributed by atoms with Gasteiger partial charge in [-0.1, -0.05) is 36.2 Å². The Morgan fingerprint density at radius 1 is 1.30 bits per heavy atom. The van der Waals surface area contributed by atoms with Gasteiger partial charge in [0.25, 0.3) is 0 Å². The summed E-state index contributed by atoms with van der Waals surface area (Å²) in [5.74, 6) is -1.15. The molecule has 1 aromatic rings. The molecule has 0 aliphatic carbocycles. The number of rotatable bonds is 4. The molecule has 2 rings (SSSR count). The highest BCUT2D eigenvalue weighted by atomic mass is 35.5. The molecule has 5 nitrogen and oxygen atoms in total. The summed E-state index contributed by atoms with van der Waals surface area (Å²) in [4.78, 5) is 24.8. The number of nitrogens with zero attached hydrogens (tertiary/aromatic N) is 1. The predicted octanol–water partition coefficient (Wildman–Crippen LogP) is 3.60. The molecule has 126 valence electrons. The molecule has 0 bridgehead atoms. The van der Waals surface area contributed by atoms with Crippen LogP contribution in [0.3, 0.4) is 0 Å². The number of benzene rings is 1. The van der Waals surface area contributed by atoms with E-state index in [2.05, 4.69) is 5.32 Å². The maximum Gasteiger partial charge on any atom is 0.317 e. The third kappa shape index (κ3) is 4.52. The van der Waals surface area contributed by atoms with Gasteiger partial charge in [0.05, 0.1) is 5.92 Å². The molecule has 1 aliphatic heterocycles. The lowest BCUT2D eigenvalue weighted by atomic mass is 9.97. The van der Waals surface area contributed by atoms with Gasteiger partial charge in [0.1, 0.15) is 0 Å². The summed E-state index contributed by atoms with van der Waals surface area (Å²) in [6, 6.07) is 5.16. The molecule has 1 heterocycles. The molecule has 0 radical (unpaired) electrons. The van der Waals surface area contributed by atoms with Gasteiger partial charge in [-0.15, -0.1) is 0 Å². The number of carbonyl (C=O) groups is 2. The molecule has 0 spiro atoms. The fraction of sp³-hybridized carbons (Fsp3) is 0.500. The van der Waals surface area contributed by atoms with Gasteiger partial charge in [-0.2, -0.15) is 0 Å². The number of likely N-dealkylation sites (tertiary alicyclic amines) is 1. The van der Waals surface area contributed by atoms with E-state index in [-0.39, 0.29) is 17.9 Å². The van der Waals surface area contributed by atoms with E-state index in [0.29, 0.717) is 42.5 Å². The van der Waals surface area contributed by atoms with Crippen LogP contribution in [0.4, 0.5) is 4.79 Å². The van der Waals surface area contributed by atoms with Gasteiger partial charge in [-0.05, 0) is 30.5 Å². The monoisotopic (exact) mass is 358 g/mol. The summed E-state index contributed by atoms with van der Waals surface area (Å²) in [5.41, 5.74) is 0.820. The molecule has 1 saturated heterocycles. The lowest BCUT2D eigenvalue weighted by molar-refractivity contribution is -0.143. The molecule has 23 heavy (non-hydrogen) atoms. The minimum absolute atomic E-state index is 0.0169. The first-order valence-corrected chi connectivity index (χ1v) is 8.35. The molecule has 7 heteroatoms. The summed E-state index contributed by atoms with van der Waals surface area (Å²) in [7, 11) is 0. The largest absolute Gasteiger partial charge is 0.481 e. The average Bonchev–Trinajstić information content (AvgIpc) is 2.52. The zero-order chi connectivity index (χ0) is 17.0. The molecule has 1 aliphatic rings. The summed E-state index contributed by atoms with van der Waals surface area (Å²) in [6.07, 6.45) is 0.989. The van der Waals surface area contributed by atoms with Gasteiger partial charge in [-0.3, -0.25) is 4.79 Å². The van der Waals surface area contributed by atoms with Crippen molar-refractivity contribution >= 4 is 35.2 Å². The fourth-order valence-corrected chi connectivity index (χ4v) is 3.54. The van der Waals surface area contributed by atoms with E-state index in [4.69, 9.17) is 28.3 Å². The molecule has 1 fully saturated rings. The van der Waals surface area contributed by atoms with Crippen molar-refractivity contribution in [1.29, 1.82) is 0 Å². The minimum atomic E-state index is -0.785. The maximum absolute atomic E-state index is 12.2. The molecular formula is C16H20Cl2N2O3. The highest BCUT2D eigenvalue weighted by Gasteiger charge is 2.27. The number of piperidine rings is 1. The Morgan fingerprint density at radius 3 is 2.39 bits per heavy atom. The number of urea groups is 1. The number of hydrogen-bond acceptors (Lipinski definition) is 2. The molecular weight excluding hydrogens is 339 g/mol. The number of carboxylic acids is 1. The quantitative estimate of drug-likeness (QED) is 0.863. The second kappa shape index (κ2) is 7.88. The Labute approximate surface area is 145 Å². The van der Waals surface area contributed by atoms with E-state index >= 15 is 0 Å². The van der Waals surface area contributed by atoms with Crippen LogP contribution in [0.2, 0.25) is 10.0 Å². The number of hydrogen-bond donors (Lipinski definition) is 2. The van der Waals surface area contributed by atoms with Crippen molar-refractivity contribution in [2.24, 2.45) is 5.92 Å². The van der Waals surface area contributed by atoms with E-state index < -0.39 is 5.97 Å². The van der Waals surface area contributed by atoms with Crippen molar-refractivity contribution in [2.75, 3.05) is 19.6 Å². The number of aliphatic carboxylic acids is 1. The van der Waals surface area contributed by atoms with E-state index in [0.717, 1.165) is 5.56 Å². The third-order valence-corrected chi connectivity index (χ3v) is 4.84. The SMILES string of the molecule is CC(CNC(=O)N1CCC(C(=O)O)CC1)c1c(Cl)cccc1Cl. The average molecular weight is 359 g/mol. The molecule has 1 aromatic carbocycles. The first-order chi connectivity index (χ1) is 10.9. The van der Waals surface area contributed by atoms with Crippen LogP contribution in [-0.4, -0.2) is 41.6 Å². The Morgan fingerprint density at radius 2 is 1.87 bits per heavy atom. The van der Waals surface area contributed by atoms with Gasteiger partial charge >= 0.3 is 12.0 Å². The van der Waals surface area contributed by atoms with E-state index in [1.165, 1.54) is 0 Å². The number of halogens is 2. The van der Waals surface area contributed by atoms with Crippen LogP contribution in [0.5, 0.6) is 0 Å². The number of amides is 2. The number of carboxylic acid groups (broad SMARTS) is 1. The molecule has 2 N–H and O–H groups in total. The molecule has 0 aromatic heterocycles. The Kier molecular flexibility index (Phi) is 6.13. The first-order valence-electron chi connectivity index (χ1n) is 7.59. The Hall–Kier alpha value is -1.46. The fourth-order valence-electron chi connectivity index (χ4n) is 2.77.